The first-order valence-electron chi connectivity index (χ1n) is 8.25. The highest BCUT2D eigenvalue weighted by Gasteiger charge is 2.22. The normalized spacial score (nSPS) is 18.5. The van der Waals surface area contributed by atoms with Crippen LogP contribution < -0.4 is 5.32 Å². The summed E-state index contributed by atoms with van der Waals surface area (Å²) in [7, 11) is 0. The molecule has 1 saturated heterocycles. The van der Waals surface area contributed by atoms with Gasteiger partial charge in [0.05, 0.1) is 6.54 Å². The number of carbonyl (C=O) groups excluding carboxylic acids is 1. The number of hydrogen-bond donors (Lipinski definition) is 1. The SMILES string of the molecule is O=C(CN1CCC[C@@H](Cn2cncn2)C1)NCc1cccc(Cl)c1. The molecule has 1 fully saturated rings. The van der Waals surface area contributed by atoms with Gasteiger partial charge in [0.15, 0.2) is 0 Å². The molecule has 1 amide bonds. The van der Waals surface area contributed by atoms with E-state index < -0.39 is 0 Å². The zero-order chi connectivity index (χ0) is 16.8. The summed E-state index contributed by atoms with van der Waals surface area (Å²) in [5.41, 5.74) is 1.01. The fraction of sp³-hybridized carbons (Fsp3) is 0.471. The highest BCUT2D eigenvalue weighted by Crippen LogP contribution is 2.17. The quantitative estimate of drug-likeness (QED) is 0.867. The molecule has 1 N–H and O–H groups in total. The van der Waals surface area contributed by atoms with Gasteiger partial charge >= 0.3 is 0 Å². The molecule has 2 heterocycles. The molecule has 1 aromatic heterocycles. The average molecular weight is 348 g/mol. The average Bonchev–Trinajstić information content (AvgIpc) is 3.06. The lowest BCUT2D eigenvalue weighted by Crippen LogP contribution is -2.43. The van der Waals surface area contributed by atoms with Crippen LogP contribution in [0.1, 0.15) is 18.4 Å². The van der Waals surface area contributed by atoms with Gasteiger partial charge in [-0.15, -0.1) is 0 Å². The van der Waals surface area contributed by atoms with Gasteiger partial charge in [0.25, 0.3) is 0 Å². The molecule has 3 rings (SSSR count). The lowest BCUT2D eigenvalue weighted by atomic mass is 9.98. The lowest BCUT2D eigenvalue weighted by Gasteiger charge is -2.32. The van der Waals surface area contributed by atoms with Crippen LogP contribution >= 0.6 is 11.6 Å². The number of benzene rings is 1. The summed E-state index contributed by atoms with van der Waals surface area (Å²) in [5, 5.41) is 7.82. The number of hydrogen-bond acceptors (Lipinski definition) is 4. The monoisotopic (exact) mass is 347 g/mol. The van der Waals surface area contributed by atoms with Gasteiger partial charge in [-0.2, -0.15) is 5.10 Å². The minimum absolute atomic E-state index is 0.0522. The second-order valence-electron chi connectivity index (χ2n) is 6.27. The van der Waals surface area contributed by atoms with E-state index in [0.717, 1.165) is 31.6 Å². The molecule has 0 bridgehead atoms. The first kappa shape index (κ1) is 16.9. The highest BCUT2D eigenvalue weighted by molar-refractivity contribution is 6.30. The predicted molar refractivity (Wildman–Crippen MR) is 92.5 cm³/mol. The summed E-state index contributed by atoms with van der Waals surface area (Å²) < 4.78 is 1.87. The van der Waals surface area contributed by atoms with Crippen molar-refractivity contribution in [2.75, 3.05) is 19.6 Å². The third kappa shape index (κ3) is 5.04. The third-order valence-corrected chi connectivity index (χ3v) is 4.50. The Morgan fingerprint density at radius 3 is 3.12 bits per heavy atom. The maximum Gasteiger partial charge on any atom is 0.234 e. The maximum absolute atomic E-state index is 12.2. The van der Waals surface area contributed by atoms with Crippen molar-refractivity contribution in [2.45, 2.75) is 25.9 Å². The fourth-order valence-corrected chi connectivity index (χ4v) is 3.35. The minimum atomic E-state index is 0.0522. The predicted octanol–water partition coefficient (Wildman–Crippen LogP) is 1.96. The highest BCUT2D eigenvalue weighted by atomic mass is 35.5. The van der Waals surface area contributed by atoms with Crippen LogP contribution in [0.2, 0.25) is 5.02 Å². The van der Waals surface area contributed by atoms with E-state index in [9.17, 15) is 4.79 Å². The number of nitrogens with one attached hydrogen (secondary N) is 1. The van der Waals surface area contributed by atoms with Gasteiger partial charge < -0.3 is 5.32 Å². The molecule has 1 aromatic carbocycles. The topological polar surface area (TPSA) is 63.1 Å². The summed E-state index contributed by atoms with van der Waals surface area (Å²) in [5.74, 6) is 0.567. The van der Waals surface area contributed by atoms with Crippen molar-refractivity contribution in [1.82, 2.24) is 25.0 Å². The van der Waals surface area contributed by atoms with Gasteiger partial charge in [-0.3, -0.25) is 14.4 Å². The zero-order valence-corrected chi connectivity index (χ0v) is 14.3. The van der Waals surface area contributed by atoms with Crippen LogP contribution in [0.5, 0.6) is 0 Å². The van der Waals surface area contributed by atoms with Gasteiger partial charge in [0, 0.05) is 24.7 Å². The Morgan fingerprint density at radius 2 is 2.33 bits per heavy atom. The smallest absolute Gasteiger partial charge is 0.234 e. The molecular weight excluding hydrogens is 326 g/mol. The minimum Gasteiger partial charge on any atom is -0.351 e. The number of likely N-dealkylation sites (tertiary alicyclic amines) is 1. The largest absolute Gasteiger partial charge is 0.351 e. The van der Waals surface area contributed by atoms with Gasteiger partial charge in [-0.25, -0.2) is 4.98 Å². The van der Waals surface area contributed by atoms with Crippen LogP contribution in [-0.2, 0) is 17.9 Å². The van der Waals surface area contributed by atoms with Gasteiger partial charge in [0.1, 0.15) is 12.7 Å². The molecule has 0 spiro atoms. The second kappa shape index (κ2) is 8.26. The maximum atomic E-state index is 12.2. The summed E-state index contributed by atoms with van der Waals surface area (Å²) in [6.07, 6.45) is 5.59. The molecule has 0 aliphatic carbocycles. The van der Waals surface area contributed by atoms with E-state index in [4.69, 9.17) is 11.6 Å². The summed E-state index contributed by atoms with van der Waals surface area (Å²) in [6.45, 7) is 3.70. The van der Waals surface area contributed by atoms with Crippen LogP contribution in [0.3, 0.4) is 0 Å². The Labute approximate surface area is 146 Å². The first-order chi connectivity index (χ1) is 11.7. The zero-order valence-electron chi connectivity index (χ0n) is 13.6. The van der Waals surface area contributed by atoms with Crippen molar-refractivity contribution in [1.29, 1.82) is 0 Å². The molecule has 1 atom stereocenters. The fourth-order valence-electron chi connectivity index (χ4n) is 3.14. The van der Waals surface area contributed by atoms with E-state index in [1.54, 1.807) is 12.7 Å². The summed E-state index contributed by atoms with van der Waals surface area (Å²) in [4.78, 5) is 18.4. The van der Waals surface area contributed by atoms with Crippen molar-refractivity contribution < 1.29 is 4.79 Å². The Morgan fingerprint density at radius 1 is 1.42 bits per heavy atom. The molecule has 6 nitrogen and oxygen atoms in total. The van der Waals surface area contributed by atoms with E-state index in [1.165, 1.54) is 6.42 Å². The number of carbonyl (C=O) groups is 1. The lowest BCUT2D eigenvalue weighted by molar-refractivity contribution is -0.122. The molecular formula is C17H22ClN5O. The van der Waals surface area contributed by atoms with Crippen LogP contribution in [0.4, 0.5) is 0 Å². The van der Waals surface area contributed by atoms with Gasteiger partial charge in [-0.1, -0.05) is 23.7 Å². The summed E-state index contributed by atoms with van der Waals surface area (Å²) in [6, 6.07) is 7.55. The molecule has 24 heavy (non-hydrogen) atoms. The molecule has 0 saturated carbocycles. The van der Waals surface area contributed by atoms with Crippen molar-refractivity contribution >= 4 is 17.5 Å². The number of halogens is 1. The number of aromatic nitrogens is 3. The van der Waals surface area contributed by atoms with Crippen LogP contribution in [0.25, 0.3) is 0 Å². The van der Waals surface area contributed by atoms with E-state index in [0.29, 0.717) is 24.0 Å². The van der Waals surface area contributed by atoms with E-state index >= 15 is 0 Å². The molecule has 128 valence electrons. The van der Waals surface area contributed by atoms with Crippen molar-refractivity contribution in [3.8, 4) is 0 Å². The standard InChI is InChI=1S/C17H22ClN5O/c18-16-5-1-3-14(7-16)8-20-17(24)11-22-6-2-4-15(9-22)10-23-13-19-12-21-23/h1,3,5,7,12-13,15H,2,4,6,8-11H2,(H,20,24)/t15-/m1/s1. The number of amides is 1. The van der Waals surface area contributed by atoms with Crippen molar-refractivity contribution in [2.24, 2.45) is 5.92 Å². The van der Waals surface area contributed by atoms with Crippen molar-refractivity contribution in [3.05, 3.63) is 47.5 Å². The summed E-state index contributed by atoms with van der Waals surface area (Å²) >= 11 is 5.96. The van der Waals surface area contributed by atoms with E-state index in [1.807, 2.05) is 28.9 Å². The van der Waals surface area contributed by atoms with E-state index in [2.05, 4.69) is 20.3 Å². The van der Waals surface area contributed by atoms with Crippen LogP contribution in [0, 0.1) is 5.92 Å². The molecule has 1 aliphatic rings. The molecule has 0 unspecified atom stereocenters. The number of rotatable bonds is 6. The molecule has 0 radical (unpaired) electrons. The van der Waals surface area contributed by atoms with Gasteiger partial charge in [0.2, 0.25) is 5.91 Å². The van der Waals surface area contributed by atoms with Crippen LogP contribution in [0.15, 0.2) is 36.9 Å². The molecule has 2 aromatic rings. The number of piperidine rings is 1. The molecule has 1 aliphatic heterocycles. The van der Waals surface area contributed by atoms with E-state index in [-0.39, 0.29) is 5.91 Å². The second-order valence-corrected chi connectivity index (χ2v) is 6.70. The third-order valence-electron chi connectivity index (χ3n) is 4.26. The van der Waals surface area contributed by atoms with Crippen molar-refractivity contribution in [3.63, 3.8) is 0 Å². The Hall–Kier alpha value is -1.92. The molecule has 7 heteroatoms. The Bertz CT molecular complexity index is 661. The Balaban J connectivity index is 1.43. The first-order valence-corrected chi connectivity index (χ1v) is 8.63. The number of nitrogens with zero attached hydrogens (tertiary/aromatic N) is 4. The van der Waals surface area contributed by atoms with Crippen LogP contribution in [-0.4, -0.2) is 45.2 Å². The van der Waals surface area contributed by atoms with Gasteiger partial charge in [-0.05, 0) is 43.0 Å². The Kier molecular flexibility index (Phi) is 5.82.